The first-order valence-corrected chi connectivity index (χ1v) is 6.84. The number of hydrogen-bond acceptors (Lipinski definition) is 4. The third-order valence-corrected chi connectivity index (χ3v) is 3.33. The Kier molecular flexibility index (Phi) is 4.49. The zero-order valence-corrected chi connectivity index (χ0v) is 11.6. The van der Waals surface area contributed by atoms with Crippen LogP contribution in [0.15, 0.2) is 46.7 Å². The van der Waals surface area contributed by atoms with Crippen molar-refractivity contribution in [2.24, 2.45) is 0 Å². The first kappa shape index (κ1) is 14.5. The smallest absolute Gasteiger partial charge is 0.337 e. The number of rotatable bonds is 4. The van der Waals surface area contributed by atoms with E-state index >= 15 is 0 Å². The van der Waals surface area contributed by atoms with Crippen LogP contribution in [0.4, 0.5) is 5.69 Å². The maximum absolute atomic E-state index is 12.1. The summed E-state index contributed by atoms with van der Waals surface area (Å²) in [6, 6.07) is 9.62. The van der Waals surface area contributed by atoms with Crippen LogP contribution in [0, 0.1) is 11.3 Å². The van der Waals surface area contributed by atoms with E-state index in [1.807, 2.05) is 11.4 Å². The highest BCUT2D eigenvalue weighted by Gasteiger charge is 2.14. The van der Waals surface area contributed by atoms with Gasteiger partial charge in [0.2, 0.25) is 0 Å². The van der Waals surface area contributed by atoms with E-state index in [1.165, 1.54) is 29.5 Å². The molecule has 1 aromatic heterocycles. The third-order valence-electron chi connectivity index (χ3n) is 2.62. The van der Waals surface area contributed by atoms with Gasteiger partial charge in [0.05, 0.1) is 11.3 Å². The zero-order valence-electron chi connectivity index (χ0n) is 10.7. The second-order valence-corrected chi connectivity index (χ2v) is 4.81. The monoisotopic (exact) mass is 298 g/mol. The van der Waals surface area contributed by atoms with Crippen molar-refractivity contribution < 1.29 is 14.7 Å². The van der Waals surface area contributed by atoms with Crippen LogP contribution in [-0.4, -0.2) is 17.0 Å². The Balaban J connectivity index is 2.25. The summed E-state index contributed by atoms with van der Waals surface area (Å²) >= 11 is 1.45. The van der Waals surface area contributed by atoms with Crippen LogP contribution in [0.5, 0.6) is 0 Å². The van der Waals surface area contributed by atoms with Crippen molar-refractivity contribution in [1.82, 2.24) is 0 Å². The van der Waals surface area contributed by atoms with Gasteiger partial charge in [-0.15, -0.1) is 0 Å². The van der Waals surface area contributed by atoms with Crippen molar-refractivity contribution in [2.75, 3.05) is 5.32 Å². The molecule has 0 aliphatic carbocycles. The molecule has 0 saturated heterocycles. The molecule has 1 heterocycles. The minimum Gasteiger partial charge on any atom is -0.478 e. The summed E-state index contributed by atoms with van der Waals surface area (Å²) in [4.78, 5) is 23.1. The Morgan fingerprint density at radius 1 is 1.29 bits per heavy atom. The minimum atomic E-state index is -1.15. The van der Waals surface area contributed by atoms with Gasteiger partial charge >= 0.3 is 5.97 Å². The van der Waals surface area contributed by atoms with Crippen molar-refractivity contribution in [3.63, 3.8) is 0 Å². The Morgan fingerprint density at radius 2 is 2.05 bits per heavy atom. The fraction of sp³-hybridized carbons (Fsp3) is 0. The van der Waals surface area contributed by atoms with E-state index in [0.717, 1.165) is 5.56 Å². The Morgan fingerprint density at radius 3 is 2.67 bits per heavy atom. The van der Waals surface area contributed by atoms with E-state index < -0.39 is 11.9 Å². The number of thiophene rings is 1. The minimum absolute atomic E-state index is 0.0290. The van der Waals surface area contributed by atoms with Gasteiger partial charge in [-0.2, -0.15) is 16.6 Å². The van der Waals surface area contributed by atoms with Crippen LogP contribution >= 0.6 is 11.3 Å². The topological polar surface area (TPSA) is 90.2 Å². The summed E-state index contributed by atoms with van der Waals surface area (Å²) < 4.78 is 0. The fourth-order valence-corrected chi connectivity index (χ4v) is 2.26. The fourth-order valence-electron chi connectivity index (χ4n) is 1.64. The molecule has 0 atom stereocenters. The van der Waals surface area contributed by atoms with Crippen molar-refractivity contribution in [3.8, 4) is 6.07 Å². The molecule has 0 aliphatic heterocycles. The second kappa shape index (κ2) is 6.50. The lowest BCUT2D eigenvalue weighted by Crippen LogP contribution is -2.16. The first-order chi connectivity index (χ1) is 10.1. The van der Waals surface area contributed by atoms with Gasteiger partial charge < -0.3 is 10.4 Å². The van der Waals surface area contributed by atoms with E-state index in [2.05, 4.69) is 5.32 Å². The number of aromatic carboxylic acids is 1. The molecule has 1 aromatic carbocycles. The summed E-state index contributed by atoms with van der Waals surface area (Å²) in [5, 5.41) is 24.2. The lowest BCUT2D eigenvalue weighted by Gasteiger charge is -2.07. The number of carbonyl (C=O) groups excluding carboxylic acids is 1. The molecular formula is C15H10N2O3S. The molecule has 0 unspecified atom stereocenters. The lowest BCUT2D eigenvalue weighted by atomic mass is 10.1. The van der Waals surface area contributed by atoms with Gasteiger partial charge in [-0.1, -0.05) is 12.1 Å². The van der Waals surface area contributed by atoms with Crippen LogP contribution < -0.4 is 5.32 Å². The van der Waals surface area contributed by atoms with Crippen LogP contribution in [-0.2, 0) is 4.79 Å². The van der Waals surface area contributed by atoms with Gasteiger partial charge in [0, 0.05) is 0 Å². The number of amides is 1. The van der Waals surface area contributed by atoms with Crippen LogP contribution in [0.2, 0.25) is 0 Å². The molecule has 2 aromatic rings. The number of carboxylic acid groups (broad SMARTS) is 1. The van der Waals surface area contributed by atoms with Gasteiger partial charge in [0.15, 0.2) is 0 Å². The van der Waals surface area contributed by atoms with E-state index in [-0.39, 0.29) is 16.8 Å². The second-order valence-electron chi connectivity index (χ2n) is 4.03. The van der Waals surface area contributed by atoms with Crippen molar-refractivity contribution >= 4 is 35.0 Å². The molecule has 0 bridgehead atoms. The van der Waals surface area contributed by atoms with Gasteiger partial charge in [-0.05, 0) is 40.6 Å². The number of nitriles is 1. The first-order valence-electron chi connectivity index (χ1n) is 5.89. The Hall–Kier alpha value is -2.91. The number of carbonyl (C=O) groups is 2. The molecule has 0 fully saturated rings. The molecule has 0 saturated carbocycles. The van der Waals surface area contributed by atoms with Crippen molar-refractivity contribution in [2.45, 2.75) is 0 Å². The largest absolute Gasteiger partial charge is 0.478 e. The molecule has 0 spiro atoms. The number of hydrogen-bond donors (Lipinski definition) is 2. The quantitative estimate of drug-likeness (QED) is 0.670. The molecular weight excluding hydrogens is 288 g/mol. The molecule has 2 rings (SSSR count). The maximum Gasteiger partial charge on any atom is 0.337 e. The number of nitrogens with zero attached hydrogens (tertiary/aromatic N) is 1. The SMILES string of the molecule is N#CC(=Cc1ccsc1)C(=O)Nc1ccccc1C(=O)O. The van der Waals surface area contributed by atoms with Crippen molar-refractivity contribution in [1.29, 1.82) is 5.26 Å². The maximum atomic E-state index is 12.1. The molecule has 2 N–H and O–H groups in total. The highest BCUT2D eigenvalue weighted by Crippen LogP contribution is 2.17. The van der Waals surface area contributed by atoms with Crippen LogP contribution in [0.25, 0.3) is 6.08 Å². The van der Waals surface area contributed by atoms with Crippen molar-refractivity contribution in [3.05, 3.63) is 57.8 Å². The van der Waals surface area contributed by atoms with E-state index in [4.69, 9.17) is 10.4 Å². The highest BCUT2D eigenvalue weighted by molar-refractivity contribution is 7.08. The molecule has 6 heteroatoms. The number of anilines is 1. The summed E-state index contributed by atoms with van der Waals surface area (Å²) in [7, 11) is 0. The molecule has 104 valence electrons. The van der Waals surface area contributed by atoms with Gasteiger partial charge in [-0.3, -0.25) is 4.79 Å². The number of carboxylic acids is 1. The molecule has 1 amide bonds. The number of nitrogens with one attached hydrogen (secondary N) is 1. The van der Waals surface area contributed by atoms with Crippen LogP contribution in [0.1, 0.15) is 15.9 Å². The molecule has 5 nitrogen and oxygen atoms in total. The molecule has 0 aliphatic rings. The average Bonchev–Trinajstić information content (AvgIpc) is 2.98. The molecule has 0 radical (unpaired) electrons. The summed E-state index contributed by atoms with van der Waals surface area (Å²) in [6.45, 7) is 0. The lowest BCUT2D eigenvalue weighted by molar-refractivity contribution is -0.112. The standard InChI is InChI=1S/C15H10N2O3S/c16-8-11(7-10-5-6-21-9-10)14(18)17-13-4-2-1-3-12(13)15(19)20/h1-7,9H,(H,17,18)(H,19,20). The predicted molar refractivity (Wildman–Crippen MR) is 79.9 cm³/mol. The average molecular weight is 298 g/mol. The predicted octanol–water partition coefficient (Wildman–Crippen LogP) is 2.99. The molecule has 21 heavy (non-hydrogen) atoms. The third kappa shape index (κ3) is 3.55. The summed E-state index contributed by atoms with van der Waals surface area (Å²) in [5.41, 5.74) is 0.784. The van der Waals surface area contributed by atoms with Crippen LogP contribution in [0.3, 0.4) is 0 Å². The van der Waals surface area contributed by atoms with Gasteiger partial charge in [-0.25, -0.2) is 4.79 Å². The van der Waals surface area contributed by atoms with E-state index in [1.54, 1.807) is 23.6 Å². The van der Waals surface area contributed by atoms with Gasteiger partial charge in [0.25, 0.3) is 5.91 Å². The van der Waals surface area contributed by atoms with Gasteiger partial charge in [0.1, 0.15) is 11.6 Å². The van der Waals surface area contributed by atoms with E-state index in [9.17, 15) is 9.59 Å². The summed E-state index contributed by atoms with van der Waals surface area (Å²) in [5.74, 6) is -1.79. The summed E-state index contributed by atoms with van der Waals surface area (Å²) in [6.07, 6.45) is 1.45. The highest BCUT2D eigenvalue weighted by atomic mass is 32.1. The zero-order chi connectivity index (χ0) is 15.2. The Labute approximate surface area is 124 Å². The normalized spacial score (nSPS) is 10.7. The Bertz CT molecular complexity index is 743. The number of benzene rings is 1. The number of para-hydroxylation sites is 1. The van der Waals surface area contributed by atoms with E-state index in [0.29, 0.717) is 0 Å².